The zero-order chi connectivity index (χ0) is 29.2. The Morgan fingerprint density at radius 1 is 1.27 bits per heavy atom. The SMILES string of the molecule is CN(C)C(=O)C(=O)Nc1cccc(Sc2ncc(N3CCC4(CC3)COC[C@H]4N[S@](=O)C(C)(C)C)nc2N)c1Cl. The number of halogens is 1. The van der Waals surface area contributed by atoms with Crippen LogP contribution in [0.4, 0.5) is 17.3 Å². The third kappa shape index (κ3) is 6.71. The Bertz CT molecular complexity index is 1300. The topological polar surface area (TPSA) is 143 Å². The second kappa shape index (κ2) is 12.2. The molecular formula is C26H36ClN7O4S2. The van der Waals surface area contributed by atoms with Crippen molar-refractivity contribution in [2.75, 3.05) is 56.3 Å². The molecule has 1 aromatic heterocycles. The number of hydrogen-bond donors (Lipinski definition) is 3. The average molecular weight is 610 g/mol. The van der Waals surface area contributed by atoms with Gasteiger partial charge in [0.1, 0.15) is 10.8 Å². The highest BCUT2D eigenvalue weighted by molar-refractivity contribution is 7.99. The highest BCUT2D eigenvalue weighted by Crippen LogP contribution is 2.42. The lowest BCUT2D eigenvalue weighted by atomic mass is 9.75. The van der Waals surface area contributed by atoms with Crippen LogP contribution in [0.1, 0.15) is 33.6 Å². The minimum atomic E-state index is -1.16. The molecule has 4 N–H and O–H groups in total. The first-order chi connectivity index (χ1) is 18.8. The molecule has 2 aromatic rings. The predicted molar refractivity (Wildman–Crippen MR) is 159 cm³/mol. The molecule has 40 heavy (non-hydrogen) atoms. The van der Waals surface area contributed by atoms with E-state index < -0.39 is 22.8 Å². The number of piperidine rings is 1. The number of likely N-dealkylation sites (N-methyl/N-ethyl adjacent to an activating group) is 1. The lowest BCUT2D eigenvalue weighted by Gasteiger charge is -2.42. The van der Waals surface area contributed by atoms with E-state index in [0.717, 1.165) is 25.9 Å². The summed E-state index contributed by atoms with van der Waals surface area (Å²) in [6.07, 6.45) is 3.44. The van der Waals surface area contributed by atoms with E-state index in [9.17, 15) is 13.8 Å². The summed E-state index contributed by atoms with van der Waals surface area (Å²) < 4.78 is 21.6. The molecule has 218 valence electrons. The number of nitrogen functional groups attached to an aromatic ring is 1. The fourth-order valence-electron chi connectivity index (χ4n) is 4.58. The van der Waals surface area contributed by atoms with Crippen LogP contribution in [0.2, 0.25) is 5.02 Å². The van der Waals surface area contributed by atoms with Gasteiger partial charge in [0, 0.05) is 37.5 Å². The largest absolute Gasteiger partial charge is 0.381 e. The monoisotopic (exact) mass is 609 g/mol. The number of nitrogens with two attached hydrogens (primary N) is 1. The fraction of sp³-hybridized carbons (Fsp3) is 0.538. The Morgan fingerprint density at radius 3 is 2.60 bits per heavy atom. The molecule has 3 heterocycles. The molecule has 14 heteroatoms. The second-order valence-corrected chi connectivity index (χ2v) is 14.6. The number of rotatable bonds is 6. The van der Waals surface area contributed by atoms with Crippen molar-refractivity contribution in [2.24, 2.45) is 5.41 Å². The molecule has 0 aliphatic carbocycles. The summed E-state index contributed by atoms with van der Waals surface area (Å²) in [7, 11) is 1.83. The van der Waals surface area contributed by atoms with Crippen LogP contribution in [-0.2, 0) is 25.3 Å². The molecule has 2 fully saturated rings. The van der Waals surface area contributed by atoms with Gasteiger partial charge >= 0.3 is 11.8 Å². The van der Waals surface area contributed by atoms with E-state index in [0.29, 0.717) is 34.6 Å². The summed E-state index contributed by atoms with van der Waals surface area (Å²) in [5, 5.41) is 3.29. The second-order valence-electron chi connectivity index (χ2n) is 11.2. The molecule has 4 rings (SSSR count). The first-order valence-corrected chi connectivity index (χ1v) is 15.3. The van der Waals surface area contributed by atoms with E-state index in [1.807, 2.05) is 20.8 Å². The number of carbonyl (C=O) groups is 2. The van der Waals surface area contributed by atoms with Gasteiger partial charge in [-0.15, -0.1) is 0 Å². The van der Waals surface area contributed by atoms with Crippen LogP contribution in [0, 0.1) is 5.41 Å². The Kier molecular flexibility index (Phi) is 9.30. The lowest BCUT2D eigenvalue weighted by molar-refractivity contribution is -0.141. The predicted octanol–water partition coefficient (Wildman–Crippen LogP) is 2.93. The van der Waals surface area contributed by atoms with Crippen molar-refractivity contribution in [3.8, 4) is 0 Å². The van der Waals surface area contributed by atoms with Crippen LogP contribution >= 0.6 is 23.4 Å². The van der Waals surface area contributed by atoms with E-state index in [2.05, 4.69) is 24.9 Å². The molecule has 1 aromatic carbocycles. The molecule has 0 radical (unpaired) electrons. The standard InChI is InChI=1S/C26H36ClN7O4S2/c1-25(2,3)40(37)32-18-14-38-15-26(18)9-11-34(12-10-26)19-13-29-23(21(28)31-19)39-17-8-6-7-16(20(17)27)30-22(35)24(36)33(4)5/h6-8,13,18,32H,9-12,14-15H2,1-5H3,(H2,28,31)(H,30,35)/t18-,40-/m1/s1. The van der Waals surface area contributed by atoms with Gasteiger partial charge in [-0.2, -0.15) is 0 Å². The number of ether oxygens (including phenoxy) is 1. The van der Waals surface area contributed by atoms with Gasteiger partial charge in [-0.1, -0.05) is 29.4 Å². The number of carbonyl (C=O) groups excluding carboxylic acids is 2. The number of benzene rings is 1. The summed E-state index contributed by atoms with van der Waals surface area (Å²) in [5.41, 5.74) is 6.55. The van der Waals surface area contributed by atoms with Crippen molar-refractivity contribution in [3.05, 3.63) is 29.4 Å². The number of anilines is 3. The van der Waals surface area contributed by atoms with Gasteiger partial charge in [0.15, 0.2) is 5.82 Å². The maximum atomic E-state index is 12.7. The lowest BCUT2D eigenvalue weighted by Crippen LogP contribution is -2.53. The van der Waals surface area contributed by atoms with Crippen LogP contribution in [0.3, 0.4) is 0 Å². The van der Waals surface area contributed by atoms with Crippen LogP contribution in [0.25, 0.3) is 0 Å². The molecule has 0 bridgehead atoms. The minimum absolute atomic E-state index is 0.0379. The van der Waals surface area contributed by atoms with Crippen LogP contribution in [0.15, 0.2) is 34.3 Å². The highest BCUT2D eigenvalue weighted by atomic mass is 35.5. The van der Waals surface area contributed by atoms with Crippen LogP contribution in [0.5, 0.6) is 0 Å². The first kappa shape index (κ1) is 30.5. The van der Waals surface area contributed by atoms with Gasteiger partial charge in [0.2, 0.25) is 0 Å². The van der Waals surface area contributed by atoms with E-state index in [1.165, 1.54) is 30.8 Å². The van der Waals surface area contributed by atoms with E-state index in [1.54, 1.807) is 24.4 Å². The number of amides is 2. The molecule has 0 unspecified atom stereocenters. The maximum Gasteiger partial charge on any atom is 0.313 e. The Labute approximate surface area is 246 Å². The number of aromatic nitrogens is 2. The minimum Gasteiger partial charge on any atom is -0.381 e. The fourth-order valence-corrected chi connectivity index (χ4v) is 6.61. The zero-order valence-electron chi connectivity index (χ0n) is 23.3. The number of nitrogens with zero attached hydrogens (tertiary/aromatic N) is 4. The summed E-state index contributed by atoms with van der Waals surface area (Å²) in [6.45, 7) is 8.59. The van der Waals surface area contributed by atoms with Crippen molar-refractivity contribution in [1.29, 1.82) is 0 Å². The van der Waals surface area contributed by atoms with E-state index >= 15 is 0 Å². The summed E-state index contributed by atoms with van der Waals surface area (Å²) in [4.78, 5) is 37.2. The van der Waals surface area contributed by atoms with Crippen molar-refractivity contribution in [2.45, 2.75) is 54.3 Å². The molecule has 2 saturated heterocycles. The zero-order valence-corrected chi connectivity index (χ0v) is 25.7. The summed E-state index contributed by atoms with van der Waals surface area (Å²) in [5.74, 6) is -0.515. The van der Waals surface area contributed by atoms with Crippen molar-refractivity contribution < 1.29 is 18.5 Å². The third-order valence-electron chi connectivity index (χ3n) is 7.07. The van der Waals surface area contributed by atoms with E-state index in [-0.39, 0.29) is 27.0 Å². The first-order valence-electron chi connectivity index (χ1n) is 12.9. The van der Waals surface area contributed by atoms with Gasteiger partial charge in [-0.05, 0) is 45.7 Å². The number of hydrogen-bond acceptors (Lipinski definition) is 9. The van der Waals surface area contributed by atoms with Crippen molar-refractivity contribution >= 4 is 63.5 Å². The Hall–Kier alpha value is -2.45. The van der Waals surface area contributed by atoms with Gasteiger partial charge in [0.05, 0.1) is 51.9 Å². The molecular weight excluding hydrogens is 574 g/mol. The van der Waals surface area contributed by atoms with Gasteiger partial charge < -0.3 is 25.6 Å². The molecule has 0 saturated carbocycles. The molecule has 1 spiro atoms. The average Bonchev–Trinajstić information content (AvgIpc) is 3.27. The van der Waals surface area contributed by atoms with Crippen LogP contribution < -0.4 is 20.7 Å². The molecule has 2 amide bonds. The highest BCUT2D eigenvalue weighted by Gasteiger charge is 2.47. The normalized spacial score (nSPS) is 19.4. The molecule has 2 atom stereocenters. The van der Waals surface area contributed by atoms with Gasteiger partial charge in [-0.3, -0.25) is 9.59 Å². The summed E-state index contributed by atoms with van der Waals surface area (Å²) in [6, 6.07) is 5.15. The Balaban J connectivity index is 1.41. The molecule has 2 aliphatic heterocycles. The van der Waals surface area contributed by atoms with Crippen LogP contribution in [-0.4, -0.2) is 82.1 Å². The smallest absolute Gasteiger partial charge is 0.313 e. The summed E-state index contributed by atoms with van der Waals surface area (Å²) >= 11 is 7.75. The van der Waals surface area contributed by atoms with Crippen molar-refractivity contribution in [3.63, 3.8) is 0 Å². The van der Waals surface area contributed by atoms with E-state index in [4.69, 9.17) is 22.1 Å². The third-order valence-corrected chi connectivity index (χ3v) is 10.3. The molecule has 11 nitrogen and oxygen atoms in total. The molecule has 2 aliphatic rings. The van der Waals surface area contributed by atoms with Gasteiger partial charge in [-0.25, -0.2) is 18.9 Å². The maximum absolute atomic E-state index is 12.7. The Morgan fingerprint density at radius 2 is 1.98 bits per heavy atom. The van der Waals surface area contributed by atoms with Crippen molar-refractivity contribution in [1.82, 2.24) is 19.6 Å². The number of nitrogens with one attached hydrogen (secondary N) is 2. The van der Waals surface area contributed by atoms with Gasteiger partial charge in [0.25, 0.3) is 0 Å². The quantitative estimate of drug-likeness (QED) is 0.421.